The van der Waals surface area contributed by atoms with Crippen molar-refractivity contribution in [3.8, 4) is 0 Å². The maximum atomic E-state index is 5.11. The molecule has 0 spiro atoms. The molecule has 2 aromatic heterocycles. The number of furan rings is 1. The lowest BCUT2D eigenvalue weighted by molar-refractivity contribution is 0.487. The van der Waals surface area contributed by atoms with Crippen molar-refractivity contribution in [1.82, 2.24) is 14.9 Å². The molecule has 0 aromatic carbocycles. The minimum Gasteiger partial charge on any atom is -0.472 e. The summed E-state index contributed by atoms with van der Waals surface area (Å²) in [5.74, 6) is 1.07. The van der Waals surface area contributed by atoms with Gasteiger partial charge in [0.05, 0.1) is 18.6 Å². The molecule has 17 heavy (non-hydrogen) atoms. The van der Waals surface area contributed by atoms with Gasteiger partial charge in [0.25, 0.3) is 0 Å². The Balaban J connectivity index is 2.11. The van der Waals surface area contributed by atoms with Gasteiger partial charge in [-0.3, -0.25) is 0 Å². The van der Waals surface area contributed by atoms with Gasteiger partial charge in [-0.1, -0.05) is 6.92 Å². The van der Waals surface area contributed by atoms with Gasteiger partial charge in [-0.15, -0.1) is 0 Å². The second-order valence-electron chi connectivity index (χ2n) is 4.24. The van der Waals surface area contributed by atoms with Crippen LogP contribution in [0, 0.1) is 0 Å². The molecule has 0 radical (unpaired) electrons. The lowest BCUT2D eigenvalue weighted by Gasteiger charge is -2.17. The van der Waals surface area contributed by atoms with Gasteiger partial charge in [-0.25, -0.2) is 4.98 Å². The Bertz CT molecular complexity index is 433. The quantitative estimate of drug-likeness (QED) is 0.832. The normalized spacial score (nSPS) is 12.8. The molecule has 1 atom stereocenters. The second-order valence-corrected chi connectivity index (χ2v) is 4.24. The van der Waals surface area contributed by atoms with Crippen LogP contribution in [0.2, 0.25) is 0 Å². The standard InChI is InChI=1S/C13H19N3O/c1-3-5-14-12(9-11-4-8-17-10-11)13-15-6-7-16(13)2/h4,6-8,10,12,14H,3,5,9H2,1-2H3. The summed E-state index contributed by atoms with van der Waals surface area (Å²) < 4.78 is 7.18. The topological polar surface area (TPSA) is 43.0 Å². The largest absolute Gasteiger partial charge is 0.472 e. The Labute approximate surface area is 102 Å². The van der Waals surface area contributed by atoms with E-state index in [9.17, 15) is 0 Å². The number of nitrogens with one attached hydrogen (secondary N) is 1. The van der Waals surface area contributed by atoms with Gasteiger partial charge in [-0.05, 0) is 31.0 Å². The Kier molecular flexibility index (Phi) is 3.98. The van der Waals surface area contributed by atoms with Crippen LogP contribution in [0.5, 0.6) is 0 Å². The summed E-state index contributed by atoms with van der Waals surface area (Å²) in [4.78, 5) is 4.42. The van der Waals surface area contributed by atoms with Crippen molar-refractivity contribution in [3.05, 3.63) is 42.4 Å². The monoisotopic (exact) mass is 233 g/mol. The number of aryl methyl sites for hydroxylation is 1. The van der Waals surface area contributed by atoms with Crippen molar-refractivity contribution in [1.29, 1.82) is 0 Å². The third-order valence-corrected chi connectivity index (χ3v) is 2.83. The van der Waals surface area contributed by atoms with Crippen molar-refractivity contribution in [2.45, 2.75) is 25.8 Å². The van der Waals surface area contributed by atoms with Crippen molar-refractivity contribution in [3.63, 3.8) is 0 Å². The third kappa shape index (κ3) is 2.97. The first-order chi connectivity index (χ1) is 8.31. The van der Waals surface area contributed by atoms with E-state index in [2.05, 4.69) is 21.8 Å². The van der Waals surface area contributed by atoms with E-state index in [1.807, 2.05) is 25.5 Å². The van der Waals surface area contributed by atoms with Gasteiger partial charge < -0.3 is 14.3 Å². The highest BCUT2D eigenvalue weighted by Gasteiger charge is 2.16. The highest BCUT2D eigenvalue weighted by molar-refractivity contribution is 5.11. The molecule has 0 aliphatic carbocycles. The summed E-state index contributed by atoms with van der Waals surface area (Å²) >= 11 is 0. The van der Waals surface area contributed by atoms with Gasteiger partial charge in [0.1, 0.15) is 5.82 Å². The van der Waals surface area contributed by atoms with Crippen LogP contribution in [-0.2, 0) is 13.5 Å². The van der Waals surface area contributed by atoms with Crippen LogP contribution in [0.4, 0.5) is 0 Å². The van der Waals surface area contributed by atoms with Crippen LogP contribution in [0.15, 0.2) is 35.4 Å². The average Bonchev–Trinajstić information content (AvgIpc) is 2.95. The van der Waals surface area contributed by atoms with E-state index in [1.54, 1.807) is 12.5 Å². The Hall–Kier alpha value is -1.55. The molecule has 92 valence electrons. The van der Waals surface area contributed by atoms with E-state index in [-0.39, 0.29) is 6.04 Å². The number of nitrogens with zero attached hydrogens (tertiary/aromatic N) is 2. The minimum atomic E-state index is 0.243. The maximum absolute atomic E-state index is 5.11. The van der Waals surface area contributed by atoms with Crippen LogP contribution >= 0.6 is 0 Å². The minimum absolute atomic E-state index is 0.243. The van der Waals surface area contributed by atoms with Gasteiger partial charge in [0.15, 0.2) is 0 Å². The number of imidazole rings is 1. The van der Waals surface area contributed by atoms with E-state index in [4.69, 9.17) is 4.42 Å². The van der Waals surface area contributed by atoms with Crippen molar-refractivity contribution >= 4 is 0 Å². The first-order valence-electron chi connectivity index (χ1n) is 6.03. The molecule has 4 heteroatoms. The molecule has 0 aliphatic rings. The smallest absolute Gasteiger partial charge is 0.125 e. The fourth-order valence-electron chi connectivity index (χ4n) is 1.93. The van der Waals surface area contributed by atoms with E-state index in [1.165, 1.54) is 5.56 Å². The summed E-state index contributed by atoms with van der Waals surface area (Å²) in [7, 11) is 2.03. The molecule has 0 aliphatic heterocycles. The molecule has 0 saturated carbocycles. The fraction of sp³-hybridized carbons (Fsp3) is 0.462. The maximum Gasteiger partial charge on any atom is 0.125 e. The van der Waals surface area contributed by atoms with Crippen LogP contribution in [0.3, 0.4) is 0 Å². The summed E-state index contributed by atoms with van der Waals surface area (Å²) in [6.07, 6.45) is 9.35. The summed E-state index contributed by atoms with van der Waals surface area (Å²) in [6, 6.07) is 2.25. The molecule has 2 aromatic rings. The molecular weight excluding hydrogens is 214 g/mol. The highest BCUT2D eigenvalue weighted by atomic mass is 16.3. The molecule has 0 amide bonds. The molecule has 2 heterocycles. The van der Waals surface area contributed by atoms with Gasteiger partial charge >= 0.3 is 0 Å². The second kappa shape index (κ2) is 5.68. The Morgan fingerprint density at radius 3 is 3.00 bits per heavy atom. The van der Waals surface area contributed by atoms with Gasteiger partial charge in [-0.2, -0.15) is 0 Å². The number of rotatable bonds is 6. The summed E-state index contributed by atoms with van der Waals surface area (Å²) in [5, 5.41) is 3.53. The average molecular weight is 233 g/mol. The first-order valence-corrected chi connectivity index (χ1v) is 6.03. The molecule has 1 N–H and O–H groups in total. The molecule has 4 nitrogen and oxygen atoms in total. The summed E-state index contributed by atoms with van der Waals surface area (Å²) in [6.45, 7) is 3.16. The third-order valence-electron chi connectivity index (χ3n) is 2.83. The van der Waals surface area contributed by atoms with Crippen LogP contribution in [0.25, 0.3) is 0 Å². The molecular formula is C13H19N3O. The van der Waals surface area contributed by atoms with Crippen LogP contribution in [0.1, 0.15) is 30.8 Å². The SMILES string of the molecule is CCCNC(Cc1ccoc1)c1nccn1C. The molecule has 1 unspecified atom stereocenters. The van der Waals surface area contributed by atoms with Crippen LogP contribution < -0.4 is 5.32 Å². The number of hydrogen-bond donors (Lipinski definition) is 1. The number of hydrogen-bond acceptors (Lipinski definition) is 3. The predicted molar refractivity (Wildman–Crippen MR) is 66.7 cm³/mol. The first kappa shape index (κ1) is 11.9. The Morgan fingerprint density at radius 2 is 2.41 bits per heavy atom. The molecule has 2 rings (SSSR count). The van der Waals surface area contributed by atoms with Crippen molar-refractivity contribution in [2.24, 2.45) is 7.05 Å². The lowest BCUT2D eigenvalue weighted by atomic mass is 10.1. The fourth-order valence-corrected chi connectivity index (χ4v) is 1.93. The molecule has 0 saturated heterocycles. The van der Waals surface area contributed by atoms with Crippen molar-refractivity contribution < 1.29 is 4.42 Å². The zero-order chi connectivity index (χ0) is 12.1. The summed E-state index contributed by atoms with van der Waals surface area (Å²) in [5.41, 5.74) is 1.20. The van der Waals surface area contributed by atoms with Crippen LogP contribution in [-0.4, -0.2) is 16.1 Å². The zero-order valence-corrected chi connectivity index (χ0v) is 10.4. The van der Waals surface area contributed by atoms with E-state index >= 15 is 0 Å². The molecule has 0 bridgehead atoms. The van der Waals surface area contributed by atoms with Crippen molar-refractivity contribution in [2.75, 3.05) is 6.54 Å². The van der Waals surface area contributed by atoms with E-state index < -0.39 is 0 Å². The Morgan fingerprint density at radius 1 is 1.53 bits per heavy atom. The predicted octanol–water partition coefficient (Wildman–Crippen LogP) is 2.30. The van der Waals surface area contributed by atoms with Gasteiger partial charge in [0, 0.05) is 19.4 Å². The lowest BCUT2D eigenvalue weighted by Crippen LogP contribution is -2.26. The van der Waals surface area contributed by atoms with Gasteiger partial charge in [0.2, 0.25) is 0 Å². The zero-order valence-electron chi connectivity index (χ0n) is 10.4. The van der Waals surface area contributed by atoms with E-state index in [0.717, 1.165) is 25.2 Å². The number of aromatic nitrogens is 2. The molecule has 0 fully saturated rings. The van der Waals surface area contributed by atoms with E-state index in [0.29, 0.717) is 0 Å². The highest BCUT2D eigenvalue weighted by Crippen LogP contribution is 2.16.